The smallest absolute Gasteiger partial charge is 0.337 e. The van der Waals surface area contributed by atoms with E-state index in [1.54, 1.807) is 0 Å². The van der Waals surface area contributed by atoms with Crippen LogP contribution in [0.15, 0.2) is 24.3 Å². The number of hydrogen-bond acceptors (Lipinski definition) is 5. The Hall–Kier alpha value is -1.40. The van der Waals surface area contributed by atoms with E-state index in [1.165, 1.54) is 31.4 Å². The van der Waals surface area contributed by atoms with Crippen LogP contribution in [0.25, 0.3) is 0 Å². The maximum Gasteiger partial charge on any atom is 0.337 e. The summed E-state index contributed by atoms with van der Waals surface area (Å²) in [7, 11) is -3.11. The van der Waals surface area contributed by atoms with E-state index in [4.69, 9.17) is 0 Å². The molecular formula is C9H9O5S-. The predicted octanol–water partition coefficient (Wildman–Crippen LogP) is 0.518. The predicted molar refractivity (Wildman–Crippen MR) is 51.2 cm³/mol. The molecule has 0 aliphatic carbocycles. The average molecular weight is 229 g/mol. The SMILES string of the molecule is COC(=O)c1cccc(CS(=O)(=O)[O-])c1. The fraction of sp³-hybridized carbons (Fsp3) is 0.222. The van der Waals surface area contributed by atoms with Crippen molar-refractivity contribution < 1.29 is 22.5 Å². The van der Waals surface area contributed by atoms with Gasteiger partial charge in [0.15, 0.2) is 0 Å². The van der Waals surface area contributed by atoms with Gasteiger partial charge in [-0.25, -0.2) is 13.2 Å². The lowest BCUT2D eigenvalue weighted by molar-refractivity contribution is 0.0600. The van der Waals surface area contributed by atoms with Crippen LogP contribution in [0.3, 0.4) is 0 Å². The number of esters is 1. The highest BCUT2D eigenvalue weighted by Gasteiger charge is 2.06. The molecule has 1 rings (SSSR count). The van der Waals surface area contributed by atoms with Crippen molar-refractivity contribution in [2.24, 2.45) is 0 Å². The van der Waals surface area contributed by atoms with Crippen molar-refractivity contribution in [1.82, 2.24) is 0 Å². The summed E-state index contributed by atoms with van der Waals surface area (Å²) in [6, 6.07) is 5.75. The van der Waals surface area contributed by atoms with Crippen LogP contribution in [-0.4, -0.2) is 26.0 Å². The van der Waals surface area contributed by atoms with Crippen molar-refractivity contribution >= 4 is 16.1 Å². The lowest BCUT2D eigenvalue weighted by atomic mass is 10.1. The molecule has 0 N–H and O–H groups in total. The van der Waals surface area contributed by atoms with Gasteiger partial charge in [0.1, 0.15) is 0 Å². The molecule has 0 spiro atoms. The number of carbonyl (C=O) groups excluding carboxylic acids is 1. The van der Waals surface area contributed by atoms with Crippen molar-refractivity contribution in [3.05, 3.63) is 35.4 Å². The molecule has 0 bridgehead atoms. The monoisotopic (exact) mass is 229 g/mol. The number of ether oxygens (including phenoxy) is 1. The Bertz CT molecular complexity index is 463. The Morgan fingerprint density at radius 1 is 1.47 bits per heavy atom. The van der Waals surface area contributed by atoms with Crippen LogP contribution in [0.1, 0.15) is 15.9 Å². The second-order valence-electron chi connectivity index (χ2n) is 2.89. The summed E-state index contributed by atoms with van der Waals surface area (Å²) in [5.74, 6) is -1.20. The van der Waals surface area contributed by atoms with Gasteiger partial charge in [-0.2, -0.15) is 0 Å². The molecule has 0 unspecified atom stereocenters. The zero-order chi connectivity index (χ0) is 11.5. The molecule has 0 atom stereocenters. The summed E-state index contributed by atoms with van der Waals surface area (Å²) in [4.78, 5) is 11.1. The minimum absolute atomic E-state index is 0.221. The molecule has 6 heteroatoms. The number of rotatable bonds is 3. The Labute approximate surface area is 87.4 Å². The third-order valence-corrected chi connectivity index (χ3v) is 2.38. The highest BCUT2D eigenvalue weighted by molar-refractivity contribution is 7.84. The maximum atomic E-state index is 11.1. The molecule has 82 valence electrons. The minimum atomic E-state index is -4.33. The standard InChI is InChI=1S/C9H10O5S/c1-14-9(10)8-4-2-3-7(5-8)6-15(11,12)13/h2-5H,6H2,1H3,(H,11,12,13)/p-1. The van der Waals surface area contributed by atoms with E-state index in [0.29, 0.717) is 0 Å². The quantitative estimate of drug-likeness (QED) is 0.557. The Morgan fingerprint density at radius 2 is 2.13 bits per heavy atom. The van der Waals surface area contributed by atoms with Gasteiger partial charge in [0, 0.05) is 0 Å². The first-order valence-electron chi connectivity index (χ1n) is 4.03. The molecule has 0 heterocycles. The number of carbonyl (C=O) groups is 1. The van der Waals surface area contributed by atoms with Crippen molar-refractivity contribution in [3.8, 4) is 0 Å². The summed E-state index contributed by atoms with van der Waals surface area (Å²) in [5.41, 5.74) is 0.492. The minimum Gasteiger partial charge on any atom is -0.748 e. The molecule has 0 fully saturated rings. The van der Waals surface area contributed by atoms with Gasteiger partial charge in [0.05, 0.1) is 28.5 Å². The molecule has 1 aromatic rings. The first-order valence-corrected chi connectivity index (χ1v) is 5.61. The third-order valence-electron chi connectivity index (χ3n) is 1.69. The Morgan fingerprint density at radius 3 is 2.67 bits per heavy atom. The molecule has 0 amide bonds. The van der Waals surface area contributed by atoms with Gasteiger partial charge in [0.2, 0.25) is 0 Å². The van der Waals surface area contributed by atoms with Crippen molar-refractivity contribution in [2.75, 3.05) is 7.11 Å². The van der Waals surface area contributed by atoms with Crippen LogP contribution in [0.2, 0.25) is 0 Å². The van der Waals surface area contributed by atoms with Crippen molar-refractivity contribution in [1.29, 1.82) is 0 Å². The lowest BCUT2D eigenvalue weighted by Gasteiger charge is -2.07. The van der Waals surface area contributed by atoms with Gasteiger partial charge in [0.25, 0.3) is 0 Å². The maximum absolute atomic E-state index is 11.1. The summed E-state index contributed by atoms with van der Waals surface area (Å²) < 4.78 is 35.9. The second kappa shape index (κ2) is 4.41. The van der Waals surface area contributed by atoms with E-state index >= 15 is 0 Å². The molecule has 0 saturated heterocycles. The second-order valence-corrected chi connectivity index (χ2v) is 4.30. The van der Waals surface area contributed by atoms with Crippen LogP contribution in [0.5, 0.6) is 0 Å². The molecule has 15 heavy (non-hydrogen) atoms. The highest BCUT2D eigenvalue weighted by Crippen LogP contribution is 2.09. The van der Waals surface area contributed by atoms with E-state index in [-0.39, 0.29) is 11.1 Å². The van der Waals surface area contributed by atoms with Crippen LogP contribution in [0.4, 0.5) is 0 Å². The van der Waals surface area contributed by atoms with E-state index in [0.717, 1.165) is 0 Å². The van der Waals surface area contributed by atoms with Crippen LogP contribution in [0, 0.1) is 0 Å². The third kappa shape index (κ3) is 3.69. The van der Waals surface area contributed by atoms with Gasteiger partial charge in [-0.3, -0.25) is 0 Å². The summed E-state index contributed by atoms with van der Waals surface area (Å²) in [5, 5.41) is 0. The molecule has 0 radical (unpaired) electrons. The summed E-state index contributed by atoms with van der Waals surface area (Å²) >= 11 is 0. The molecule has 1 aromatic carbocycles. The van der Waals surface area contributed by atoms with Crippen molar-refractivity contribution in [3.63, 3.8) is 0 Å². The fourth-order valence-corrected chi connectivity index (χ4v) is 1.70. The van der Waals surface area contributed by atoms with Gasteiger partial charge in [-0.1, -0.05) is 12.1 Å². The van der Waals surface area contributed by atoms with Crippen LogP contribution < -0.4 is 0 Å². The number of hydrogen-bond donors (Lipinski definition) is 0. The largest absolute Gasteiger partial charge is 0.748 e. The van der Waals surface area contributed by atoms with E-state index in [9.17, 15) is 17.8 Å². The summed E-state index contributed by atoms with van der Waals surface area (Å²) in [6.45, 7) is 0. The zero-order valence-corrected chi connectivity index (χ0v) is 8.78. The van der Waals surface area contributed by atoms with E-state index < -0.39 is 21.8 Å². The van der Waals surface area contributed by atoms with Crippen LogP contribution >= 0.6 is 0 Å². The van der Waals surface area contributed by atoms with Crippen molar-refractivity contribution in [2.45, 2.75) is 5.75 Å². The van der Waals surface area contributed by atoms with Gasteiger partial charge in [-0.15, -0.1) is 0 Å². The number of benzene rings is 1. The number of methoxy groups -OCH3 is 1. The lowest BCUT2D eigenvalue weighted by Crippen LogP contribution is -2.05. The molecule has 0 saturated carbocycles. The molecule has 0 aliphatic heterocycles. The van der Waals surface area contributed by atoms with Gasteiger partial charge in [-0.05, 0) is 17.7 Å². The Kier molecular flexibility index (Phi) is 3.43. The van der Waals surface area contributed by atoms with E-state index in [1.807, 2.05) is 0 Å². The first-order chi connectivity index (χ1) is 6.92. The molecular weight excluding hydrogens is 220 g/mol. The van der Waals surface area contributed by atoms with Gasteiger partial charge < -0.3 is 9.29 Å². The molecule has 0 aliphatic rings. The Balaban J connectivity index is 2.98. The topological polar surface area (TPSA) is 83.5 Å². The normalized spacial score (nSPS) is 11.1. The first kappa shape index (κ1) is 11.7. The molecule has 5 nitrogen and oxygen atoms in total. The van der Waals surface area contributed by atoms with E-state index in [2.05, 4.69) is 4.74 Å². The van der Waals surface area contributed by atoms with Gasteiger partial charge >= 0.3 is 5.97 Å². The van der Waals surface area contributed by atoms with Crippen LogP contribution in [-0.2, 0) is 20.6 Å². The summed E-state index contributed by atoms with van der Waals surface area (Å²) in [6.07, 6.45) is 0. The molecule has 0 aromatic heterocycles. The fourth-order valence-electron chi connectivity index (χ4n) is 1.11. The average Bonchev–Trinajstić information content (AvgIpc) is 2.14. The zero-order valence-electron chi connectivity index (χ0n) is 7.97. The highest BCUT2D eigenvalue weighted by atomic mass is 32.2.